The summed E-state index contributed by atoms with van der Waals surface area (Å²) in [6.07, 6.45) is 0. The number of halogens is 2. The standard InChI is InChI=1S/C8H6Cl2O2/c9-3-5-1-6(10)2-7-8(5)12-4-11-7/h1-2H,3-4H2. The third-order valence-electron chi connectivity index (χ3n) is 1.66. The minimum atomic E-state index is 0.250. The van der Waals surface area contributed by atoms with Crippen LogP contribution in [0.4, 0.5) is 0 Å². The predicted octanol–water partition coefficient (Wildman–Crippen LogP) is 2.81. The van der Waals surface area contributed by atoms with E-state index < -0.39 is 0 Å². The molecule has 0 aromatic heterocycles. The molecule has 0 bridgehead atoms. The molecule has 4 heteroatoms. The van der Waals surface area contributed by atoms with Crippen LogP contribution in [-0.2, 0) is 5.88 Å². The van der Waals surface area contributed by atoms with Crippen LogP contribution in [-0.4, -0.2) is 6.79 Å². The molecule has 0 aliphatic carbocycles. The first-order valence-electron chi connectivity index (χ1n) is 3.45. The van der Waals surface area contributed by atoms with Crippen molar-refractivity contribution < 1.29 is 9.47 Å². The Labute approximate surface area is 80.0 Å². The lowest BCUT2D eigenvalue weighted by molar-refractivity contribution is 0.173. The van der Waals surface area contributed by atoms with E-state index in [-0.39, 0.29) is 6.79 Å². The van der Waals surface area contributed by atoms with Gasteiger partial charge in [0.2, 0.25) is 6.79 Å². The lowest BCUT2D eigenvalue weighted by Gasteiger charge is -2.02. The van der Waals surface area contributed by atoms with Gasteiger partial charge in [-0.05, 0) is 6.07 Å². The molecule has 0 radical (unpaired) electrons. The van der Waals surface area contributed by atoms with Crippen molar-refractivity contribution in [3.63, 3.8) is 0 Å². The minimum Gasteiger partial charge on any atom is -0.454 e. The van der Waals surface area contributed by atoms with Crippen molar-refractivity contribution in [3.05, 3.63) is 22.7 Å². The van der Waals surface area contributed by atoms with E-state index in [0.717, 1.165) is 11.3 Å². The maximum atomic E-state index is 5.81. The Kier molecular flexibility index (Phi) is 2.03. The first kappa shape index (κ1) is 8.02. The van der Waals surface area contributed by atoms with E-state index >= 15 is 0 Å². The largest absolute Gasteiger partial charge is 0.454 e. The van der Waals surface area contributed by atoms with Gasteiger partial charge in [0.1, 0.15) is 0 Å². The molecule has 0 amide bonds. The molecule has 1 aliphatic rings. The molecule has 12 heavy (non-hydrogen) atoms. The normalized spacial score (nSPS) is 13.5. The molecule has 0 saturated heterocycles. The first-order chi connectivity index (χ1) is 5.81. The number of rotatable bonds is 1. The van der Waals surface area contributed by atoms with Gasteiger partial charge in [-0.3, -0.25) is 0 Å². The zero-order chi connectivity index (χ0) is 8.55. The number of hydrogen-bond acceptors (Lipinski definition) is 2. The van der Waals surface area contributed by atoms with Crippen molar-refractivity contribution in [1.29, 1.82) is 0 Å². The predicted molar refractivity (Wildman–Crippen MR) is 47.1 cm³/mol. The van der Waals surface area contributed by atoms with Gasteiger partial charge in [-0.1, -0.05) is 11.6 Å². The Morgan fingerprint density at radius 2 is 2.17 bits per heavy atom. The van der Waals surface area contributed by atoms with Crippen LogP contribution >= 0.6 is 23.2 Å². The number of alkyl halides is 1. The Morgan fingerprint density at radius 1 is 1.33 bits per heavy atom. The minimum absolute atomic E-state index is 0.250. The lowest BCUT2D eigenvalue weighted by atomic mass is 10.2. The summed E-state index contributed by atoms with van der Waals surface area (Å²) in [4.78, 5) is 0. The number of ether oxygens (including phenoxy) is 2. The van der Waals surface area contributed by atoms with Gasteiger partial charge in [-0.15, -0.1) is 11.6 Å². The Hall–Kier alpha value is -0.600. The van der Waals surface area contributed by atoms with Crippen molar-refractivity contribution in [1.82, 2.24) is 0 Å². The van der Waals surface area contributed by atoms with Crippen LogP contribution in [0.5, 0.6) is 11.5 Å². The van der Waals surface area contributed by atoms with Crippen molar-refractivity contribution in [2.45, 2.75) is 5.88 Å². The molecule has 0 fully saturated rings. The van der Waals surface area contributed by atoms with Crippen molar-refractivity contribution >= 4 is 23.2 Å². The molecule has 2 rings (SSSR count). The monoisotopic (exact) mass is 204 g/mol. The average Bonchev–Trinajstić information content (AvgIpc) is 2.50. The van der Waals surface area contributed by atoms with Gasteiger partial charge in [-0.2, -0.15) is 0 Å². The fourth-order valence-electron chi connectivity index (χ4n) is 1.14. The second-order valence-corrected chi connectivity index (χ2v) is 3.14. The van der Waals surface area contributed by atoms with E-state index in [0.29, 0.717) is 16.7 Å². The number of fused-ring (bicyclic) bond motifs is 1. The van der Waals surface area contributed by atoms with Gasteiger partial charge in [0.25, 0.3) is 0 Å². The molecule has 0 spiro atoms. The van der Waals surface area contributed by atoms with E-state index in [9.17, 15) is 0 Å². The van der Waals surface area contributed by atoms with E-state index in [1.807, 2.05) is 0 Å². The smallest absolute Gasteiger partial charge is 0.231 e. The third kappa shape index (κ3) is 1.21. The summed E-state index contributed by atoms with van der Waals surface area (Å²) in [7, 11) is 0. The third-order valence-corrected chi connectivity index (χ3v) is 2.16. The Morgan fingerprint density at radius 3 is 2.92 bits per heavy atom. The fourth-order valence-corrected chi connectivity index (χ4v) is 1.57. The first-order valence-corrected chi connectivity index (χ1v) is 4.36. The number of benzene rings is 1. The van der Waals surface area contributed by atoms with Gasteiger partial charge < -0.3 is 9.47 Å². The zero-order valence-electron chi connectivity index (χ0n) is 6.14. The Balaban J connectivity index is 2.55. The molecule has 0 N–H and O–H groups in total. The summed E-state index contributed by atoms with van der Waals surface area (Å²) < 4.78 is 10.4. The van der Waals surface area contributed by atoms with Crippen molar-refractivity contribution in [3.8, 4) is 11.5 Å². The summed E-state index contributed by atoms with van der Waals surface area (Å²) in [5.74, 6) is 1.78. The van der Waals surface area contributed by atoms with Gasteiger partial charge in [0.15, 0.2) is 11.5 Å². The quantitative estimate of drug-likeness (QED) is 0.656. The highest BCUT2D eigenvalue weighted by molar-refractivity contribution is 6.31. The summed E-state index contributed by atoms with van der Waals surface area (Å²) in [6, 6.07) is 3.50. The molecule has 1 aromatic carbocycles. The fraction of sp³-hybridized carbons (Fsp3) is 0.250. The molecule has 1 aromatic rings. The molecule has 0 unspecified atom stereocenters. The van der Waals surface area contributed by atoms with E-state index in [2.05, 4.69) is 0 Å². The second kappa shape index (κ2) is 3.04. The van der Waals surface area contributed by atoms with Crippen LogP contribution < -0.4 is 9.47 Å². The molecule has 0 atom stereocenters. The average molecular weight is 205 g/mol. The van der Waals surface area contributed by atoms with Crippen LogP contribution in [0.3, 0.4) is 0 Å². The van der Waals surface area contributed by atoms with Gasteiger partial charge in [0.05, 0.1) is 5.88 Å². The van der Waals surface area contributed by atoms with Gasteiger partial charge in [-0.25, -0.2) is 0 Å². The highest BCUT2D eigenvalue weighted by atomic mass is 35.5. The van der Waals surface area contributed by atoms with E-state index in [1.54, 1.807) is 12.1 Å². The summed E-state index contributed by atoms with van der Waals surface area (Å²) in [5, 5.41) is 0.620. The maximum absolute atomic E-state index is 5.81. The molecule has 2 nitrogen and oxygen atoms in total. The summed E-state index contributed by atoms with van der Waals surface area (Å²) in [5.41, 5.74) is 0.872. The molecule has 0 saturated carbocycles. The van der Waals surface area contributed by atoms with E-state index in [4.69, 9.17) is 32.7 Å². The number of hydrogen-bond donors (Lipinski definition) is 0. The maximum Gasteiger partial charge on any atom is 0.231 e. The van der Waals surface area contributed by atoms with Gasteiger partial charge in [0, 0.05) is 16.7 Å². The molecule has 64 valence electrons. The van der Waals surface area contributed by atoms with Crippen LogP contribution in [0.25, 0.3) is 0 Å². The van der Waals surface area contributed by atoms with Crippen molar-refractivity contribution in [2.75, 3.05) is 6.79 Å². The van der Waals surface area contributed by atoms with Crippen molar-refractivity contribution in [2.24, 2.45) is 0 Å². The molecular formula is C8H6Cl2O2. The zero-order valence-corrected chi connectivity index (χ0v) is 7.65. The van der Waals surface area contributed by atoms with Crippen LogP contribution in [0.1, 0.15) is 5.56 Å². The molecule has 1 heterocycles. The SMILES string of the molecule is ClCc1cc(Cl)cc2c1OCO2. The molecule has 1 aliphatic heterocycles. The summed E-state index contributed by atoms with van der Waals surface area (Å²) >= 11 is 11.5. The van der Waals surface area contributed by atoms with Crippen LogP contribution in [0, 0.1) is 0 Å². The lowest BCUT2D eigenvalue weighted by Crippen LogP contribution is -1.93. The van der Waals surface area contributed by atoms with Crippen LogP contribution in [0.2, 0.25) is 5.02 Å². The van der Waals surface area contributed by atoms with Crippen LogP contribution in [0.15, 0.2) is 12.1 Å². The molecular weight excluding hydrogens is 199 g/mol. The highest BCUT2D eigenvalue weighted by Crippen LogP contribution is 2.38. The van der Waals surface area contributed by atoms with E-state index in [1.165, 1.54) is 0 Å². The second-order valence-electron chi connectivity index (χ2n) is 2.43. The highest BCUT2D eigenvalue weighted by Gasteiger charge is 2.17. The Bertz CT molecular complexity index is 312. The summed E-state index contributed by atoms with van der Waals surface area (Å²) in [6.45, 7) is 0.250. The van der Waals surface area contributed by atoms with Gasteiger partial charge >= 0.3 is 0 Å². The topological polar surface area (TPSA) is 18.5 Å².